The Labute approximate surface area is 198 Å². The van der Waals surface area contributed by atoms with Gasteiger partial charge < -0.3 is 9.30 Å². The highest BCUT2D eigenvalue weighted by Gasteiger charge is 2.32. The minimum Gasteiger partial charge on any atom is -0.468 e. The third-order valence-corrected chi connectivity index (χ3v) is 8.57. The molecule has 8 nitrogen and oxygen atoms in total. The van der Waals surface area contributed by atoms with Crippen LogP contribution in [0.4, 0.5) is 8.78 Å². The van der Waals surface area contributed by atoms with Crippen molar-refractivity contribution in [1.29, 1.82) is 0 Å². The highest BCUT2D eigenvalue weighted by atomic mass is 32.2. The number of aromatic nitrogens is 1. The first-order chi connectivity index (χ1) is 16.2. The van der Waals surface area contributed by atoms with E-state index in [-0.39, 0.29) is 42.2 Å². The normalized spacial score (nSPS) is 16.1. The molecule has 0 atom stereocenters. The molecule has 3 aromatic rings. The Morgan fingerprint density at radius 2 is 1.74 bits per heavy atom. The maximum atomic E-state index is 13.7. The molecule has 12 heteroatoms. The zero-order valence-electron chi connectivity index (χ0n) is 18.1. The topological polar surface area (TPSA) is 98.0 Å². The van der Waals surface area contributed by atoms with Gasteiger partial charge in [-0.2, -0.15) is 9.30 Å². The highest BCUT2D eigenvalue weighted by Crippen LogP contribution is 2.25. The number of carbonyl (C=O) groups excluding carboxylic acids is 2. The molecule has 0 radical (unpaired) electrons. The zero-order chi connectivity index (χ0) is 24.5. The van der Waals surface area contributed by atoms with E-state index in [0.29, 0.717) is 10.2 Å². The third-order valence-electron chi connectivity index (χ3n) is 5.62. The molecule has 1 aliphatic rings. The number of rotatable bonds is 5. The van der Waals surface area contributed by atoms with E-state index in [4.69, 9.17) is 4.74 Å². The van der Waals surface area contributed by atoms with E-state index in [1.54, 1.807) is 0 Å². The number of nitrogens with zero attached hydrogens (tertiary/aromatic N) is 3. The standard InChI is InChI=1S/C22H21F2N3O5S2/c1-32-20(28)13-27-18-7-4-16(24)12-19(18)33-22(27)25-21(29)14-8-10-26(11-9-14)34(30,31)17-5-2-15(23)3-6-17/h2-7,12,14H,8-11,13H2,1H3. The van der Waals surface area contributed by atoms with Crippen LogP contribution in [-0.4, -0.2) is 49.4 Å². The molecule has 0 N–H and O–H groups in total. The number of piperidine rings is 1. The lowest BCUT2D eigenvalue weighted by Gasteiger charge is -2.29. The summed E-state index contributed by atoms with van der Waals surface area (Å²) in [6.45, 7) is 0.0411. The lowest BCUT2D eigenvalue weighted by Crippen LogP contribution is -2.40. The summed E-state index contributed by atoms with van der Waals surface area (Å²) in [4.78, 5) is 29.2. The molecule has 0 saturated carbocycles. The summed E-state index contributed by atoms with van der Waals surface area (Å²) >= 11 is 1.08. The van der Waals surface area contributed by atoms with Crippen LogP contribution in [0.2, 0.25) is 0 Å². The molecule has 2 heterocycles. The second-order valence-corrected chi connectivity index (χ2v) is 10.7. The van der Waals surface area contributed by atoms with Crippen LogP contribution >= 0.6 is 11.3 Å². The van der Waals surface area contributed by atoms with Gasteiger partial charge in [-0.3, -0.25) is 9.59 Å². The Kier molecular flexibility index (Phi) is 6.91. The first kappa shape index (κ1) is 24.2. The summed E-state index contributed by atoms with van der Waals surface area (Å²) in [7, 11) is -2.55. The monoisotopic (exact) mass is 509 g/mol. The molecule has 0 unspecified atom stereocenters. The number of hydrogen-bond acceptors (Lipinski definition) is 6. The molecular formula is C22H21F2N3O5S2. The number of amides is 1. The average Bonchev–Trinajstić information content (AvgIpc) is 3.14. The van der Waals surface area contributed by atoms with Crippen molar-refractivity contribution in [2.75, 3.05) is 20.2 Å². The highest BCUT2D eigenvalue weighted by molar-refractivity contribution is 7.89. The average molecular weight is 510 g/mol. The summed E-state index contributed by atoms with van der Waals surface area (Å²) in [5.74, 6) is -2.47. The van der Waals surface area contributed by atoms with Gasteiger partial charge >= 0.3 is 5.97 Å². The van der Waals surface area contributed by atoms with Gasteiger partial charge in [-0.05, 0) is 55.3 Å². The molecule has 0 bridgehead atoms. The van der Waals surface area contributed by atoms with E-state index in [1.165, 1.54) is 46.3 Å². The fourth-order valence-corrected chi connectivity index (χ4v) is 6.29. The molecule has 1 saturated heterocycles. The minimum absolute atomic E-state index is 0.00951. The maximum absolute atomic E-state index is 13.7. The summed E-state index contributed by atoms with van der Waals surface area (Å²) < 4.78 is 60.4. The number of thiazole rings is 1. The van der Waals surface area contributed by atoms with Crippen molar-refractivity contribution in [1.82, 2.24) is 8.87 Å². The number of carbonyl (C=O) groups is 2. The molecule has 1 aliphatic heterocycles. The van der Waals surface area contributed by atoms with Gasteiger partial charge in [-0.25, -0.2) is 17.2 Å². The van der Waals surface area contributed by atoms with Gasteiger partial charge in [0.25, 0.3) is 5.91 Å². The lowest BCUT2D eigenvalue weighted by atomic mass is 9.98. The van der Waals surface area contributed by atoms with E-state index in [0.717, 1.165) is 23.5 Å². The van der Waals surface area contributed by atoms with Crippen LogP contribution in [0.15, 0.2) is 52.4 Å². The van der Waals surface area contributed by atoms with Crippen molar-refractivity contribution in [3.05, 3.63) is 58.9 Å². The van der Waals surface area contributed by atoms with E-state index in [9.17, 15) is 26.8 Å². The van der Waals surface area contributed by atoms with E-state index < -0.39 is 39.5 Å². The van der Waals surface area contributed by atoms with E-state index >= 15 is 0 Å². The largest absolute Gasteiger partial charge is 0.468 e. The van der Waals surface area contributed by atoms with Gasteiger partial charge in [0.05, 0.1) is 22.2 Å². The van der Waals surface area contributed by atoms with Gasteiger partial charge in [-0.1, -0.05) is 11.3 Å². The van der Waals surface area contributed by atoms with Crippen molar-refractivity contribution in [2.45, 2.75) is 24.3 Å². The Morgan fingerprint density at radius 3 is 2.38 bits per heavy atom. The number of sulfonamides is 1. The SMILES string of the molecule is COC(=O)Cn1c(=NC(=O)C2CCN(S(=O)(=O)c3ccc(F)cc3)CC2)sc2cc(F)ccc21. The zero-order valence-corrected chi connectivity index (χ0v) is 19.7. The van der Waals surface area contributed by atoms with Crippen LogP contribution in [0.3, 0.4) is 0 Å². The molecule has 180 valence electrons. The molecule has 34 heavy (non-hydrogen) atoms. The van der Waals surface area contributed by atoms with Crippen LogP contribution in [0.5, 0.6) is 0 Å². The predicted octanol–water partition coefficient (Wildman–Crippen LogP) is 2.68. The summed E-state index contributed by atoms with van der Waals surface area (Å²) in [5, 5.41) is 0. The smallest absolute Gasteiger partial charge is 0.325 e. The summed E-state index contributed by atoms with van der Waals surface area (Å²) in [6, 6.07) is 8.66. The van der Waals surface area contributed by atoms with E-state index in [2.05, 4.69) is 4.99 Å². The van der Waals surface area contributed by atoms with Crippen molar-refractivity contribution in [3.8, 4) is 0 Å². The Bertz CT molecular complexity index is 1410. The molecule has 0 spiro atoms. The first-order valence-electron chi connectivity index (χ1n) is 10.4. The van der Waals surface area contributed by atoms with Gasteiger partial charge in [0.15, 0.2) is 4.80 Å². The van der Waals surface area contributed by atoms with Crippen molar-refractivity contribution >= 4 is 43.5 Å². The summed E-state index contributed by atoms with van der Waals surface area (Å²) in [5.41, 5.74) is 0.545. The lowest BCUT2D eigenvalue weighted by molar-refractivity contribution is -0.141. The number of ether oxygens (including phenoxy) is 1. The van der Waals surface area contributed by atoms with Crippen molar-refractivity contribution in [2.24, 2.45) is 10.9 Å². The number of halogens is 2. The van der Waals surface area contributed by atoms with Crippen molar-refractivity contribution < 1.29 is 31.5 Å². The molecule has 1 amide bonds. The molecular weight excluding hydrogens is 488 g/mol. The number of methoxy groups -OCH3 is 1. The Balaban J connectivity index is 1.54. The fourth-order valence-electron chi connectivity index (χ4n) is 3.76. The quantitative estimate of drug-likeness (QED) is 0.493. The van der Waals surface area contributed by atoms with Crippen LogP contribution in [0, 0.1) is 17.6 Å². The number of fused-ring (bicyclic) bond motifs is 1. The van der Waals surface area contributed by atoms with Crippen LogP contribution < -0.4 is 4.80 Å². The Morgan fingerprint density at radius 1 is 1.09 bits per heavy atom. The Hall–Kier alpha value is -2.96. The van der Waals surface area contributed by atoms with Gasteiger partial charge in [0, 0.05) is 19.0 Å². The maximum Gasteiger partial charge on any atom is 0.325 e. The van der Waals surface area contributed by atoms with Crippen LogP contribution in [0.25, 0.3) is 10.2 Å². The number of benzene rings is 2. The molecule has 0 aliphatic carbocycles. The first-order valence-corrected chi connectivity index (χ1v) is 12.6. The second-order valence-electron chi connectivity index (χ2n) is 7.74. The van der Waals surface area contributed by atoms with Gasteiger partial charge in [0.2, 0.25) is 10.0 Å². The minimum atomic E-state index is -3.80. The molecule has 1 fully saturated rings. The van der Waals surface area contributed by atoms with Crippen LogP contribution in [-0.2, 0) is 30.9 Å². The van der Waals surface area contributed by atoms with Gasteiger partial charge in [0.1, 0.15) is 18.2 Å². The fraction of sp³-hybridized carbons (Fsp3) is 0.318. The molecule has 4 rings (SSSR count). The molecule has 1 aromatic heterocycles. The predicted molar refractivity (Wildman–Crippen MR) is 120 cm³/mol. The van der Waals surface area contributed by atoms with Gasteiger partial charge in [-0.15, -0.1) is 0 Å². The summed E-state index contributed by atoms with van der Waals surface area (Å²) in [6.07, 6.45) is 0.526. The number of hydrogen-bond donors (Lipinski definition) is 0. The molecule has 2 aromatic carbocycles. The second kappa shape index (κ2) is 9.72. The van der Waals surface area contributed by atoms with E-state index in [1.807, 2.05) is 0 Å². The number of esters is 1. The van der Waals surface area contributed by atoms with Crippen molar-refractivity contribution in [3.63, 3.8) is 0 Å². The van der Waals surface area contributed by atoms with Crippen LogP contribution in [0.1, 0.15) is 12.8 Å². The third kappa shape index (κ3) is 4.93.